The molecular formula is C19H26N2O. The van der Waals surface area contributed by atoms with Crippen LogP contribution in [0.15, 0.2) is 18.2 Å². The second-order valence-electron chi connectivity index (χ2n) is 7.38. The molecule has 1 spiro atoms. The van der Waals surface area contributed by atoms with Gasteiger partial charge in [-0.15, -0.1) is 0 Å². The van der Waals surface area contributed by atoms with Crippen molar-refractivity contribution < 1.29 is 4.79 Å². The topological polar surface area (TPSA) is 32.3 Å². The third-order valence-electron chi connectivity index (χ3n) is 6.12. The van der Waals surface area contributed by atoms with E-state index in [-0.39, 0.29) is 5.91 Å². The summed E-state index contributed by atoms with van der Waals surface area (Å²) in [5.74, 6) is 0.249. The molecule has 0 atom stereocenters. The molecule has 0 aromatic heterocycles. The van der Waals surface area contributed by atoms with Crippen LogP contribution in [0.25, 0.3) is 0 Å². The predicted molar refractivity (Wildman–Crippen MR) is 88.1 cm³/mol. The average molecular weight is 298 g/mol. The molecule has 2 saturated heterocycles. The fourth-order valence-electron chi connectivity index (χ4n) is 4.53. The molecule has 3 heteroatoms. The highest BCUT2D eigenvalue weighted by molar-refractivity contribution is 5.94. The van der Waals surface area contributed by atoms with Crippen molar-refractivity contribution in [2.75, 3.05) is 26.2 Å². The normalized spacial score (nSPS) is 23.5. The van der Waals surface area contributed by atoms with Gasteiger partial charge in [-0.25, -0.2) is 0 Å². The molecule has 22 heavy (non-hydrogen) atoms. The highest BCUT2D eigenvalue weighted by Gasteiger charge is 2.36. The Bertz CT molecular complexity index is 565. The maximum atomic E-state index is 12.8. The molecule has 0 bridgehead atoms. The summed E-state index contributed by atoms with van der Waals surface area (Å²) in [5.41, 5.74) is 4.27. The number of amides is 1. The van der Waals surface area contributed by atoms with Crippen LogP contribution in [-0.4, -0.2) is 37.0 Å². The van der Waals surface area contributed by atoms with E-state index in [9.17, 15) is 4.79 Å². The van der Waals surface area contributed by atoms with Gasteiger partial charge in [-0.2, -0.15) is 0 Å². The summed E-state index contributed by atoms with van der Waals surface area (Å²) in [6.07, 6.45) is 8.52. The monoisotopic (exact) mass is 298 g/mol. The molecule has 2 aliphatic heterocycles. The Labute approximate surface area is 133 Å². The smallest absolute Gasteiger partial charge is 0.253 e. The summed E-state index contributed by atoms with van der Waals surface area (Å²) < 4.78 is 0. The summed E-state index contributed by atoms with van der Waals surface area (Å²) in [7, 11) is 0. The largest absolute Gasteiger partial charge is 0.339 e. The first-order chi connectivity index (χ1) is 10.8. The lowest BCUT2D eigenvalue weighted by molar-refractivity contribution is 0.0495. The van der Waals surface area contributed by atoms with Gasteiger partial charge < -0.3 is 10.2 Å². The van der Waals surface area contributed by atoms with Crippen molar-refractivity contribution in [1.82, 2.24) is 10.2 Å². The van der Waals surface area contributed by atoms with E-state index in [1.165, 1.54) is 49.7 Å². The van der Waals surface area contributed by atoms with Crippen LogP contribution < -0.4 is 5.32 Å². The number of carbonyl (C=O) groups is 1. The minimum Gasteiger partial charge on any atom is -0.339 e. The molecule has 0 unspecified atom stereocenters. The molecule has 2 fully saturated rings. The van der Waals surface area contributed by atoms with Crippen molar-refractivity contribution in [2.24, 2.45) is 5.41 Å². The van der Waals surface area contributed by atoms with Gasteiger partial charge >= 0.3 is 0 Å². The first kappa shape index (κ1) is 14.3. The SMILES string of the molecule is O=C(c1ccc2c(c1)CCC2)N1CCC2(CCNCC2)CC1. The standard InChI is InChI=1S/C19H26N2O/c22-18(17-5-4-15-2-1-3-16(15)14-17)21-12-8-19(9-13-21)6-10-20-11-7-19/h4-5,14,20H,1-3,6-13H2. The molecule has 3 aliphatic rings. The number of hydrogen-bond donors (Lipinski definition) is 1. The molecule has 3 nitrogen and oxygen atoms in total. The Morgan fingerprint density at radius 2 is 1.73 bits per heavy atom. The number of piperidine rings is 2. The van der Waals surface area contributed by atoms with Crippen molar-refractivity contribution in [1.29, 1.82) is 0 Å². The summed E-state index contributed by atoms with van der Waals surface area (Å²) in [6.45, 7) is 4.18. The highest BCUT2D eigenvalue weighted by Crippen LogP contribution is 2.39. The van der Waals surface area contributed by atoms with Gasteiger partial charge in [-0.05, 0) is 86.7 Å². The summed E-state index contributed by atoms with van der Waals surface area (Å²) in [5, 5.41) is 3.46. The Hall–Kier alpha value is -1.35. The Morgan fingerprint density at radius 1 is 1.00 bits per heavy atom. The number of nitrogens with one attached hydrogen (secondary N) is 1. The molecule has 1 amide bonds. The first-order valence-corrected chi connectivity index (χ1v) is 8.88. The van der Waals surface area contributed by atoms with Crippen LogP contribution in [0, 0.1) is 5.41 Å². The third kappa shape index (κ3) is 2.56. The zero-order valence-electron chi connectivity index (χ0n) is 13.4. The van der Waals surface area contributed by atoms with Crippen LogP contribution in [0.4, 0.5) is 0 Å². The summed E-state index contributed by atoms with van der Waals surface area (Å²) in [6, 6.07) is 6.37. The zero-order chi connectivity index (χ0) is 15.0. The molecule has 2 heterocycles. The molecule has 0 saturated carbocycles. The van der Waals surface area contributed by atoms with Crippen LogP contribution >= 0.6 is 0 Å². The maximum absolute atomic E-state index is 12.8. The molecule has 0 radical (unpaired) electrons. The van der Waals surface area contributed by atoms with Gasteiger partial charge in [0.05, 0.1) is 0 Å². The lowest BCUT2D eigenvalue weighted by Gasteiger charge is -2.44. The number of fused-ring (bicyclic) bond motifs is 1. The molecule has 1 aromatic carbocycles. The van der Waals surface area contributed by atoms with Gasteiger partial charge in [-0.1, -0.05) is 6.07 Å². The van der Waals surface area contributed by atoms with Crippen molar-refractivity contribution in [3.63, 3.8) is 0 Å². The predicted octanol–water partition coefficient (Wildman–Crippen LogP) is 2.78. The van der Waals surface area contributed by atoms with E-state index in [4.69, 9.17) is 0 Å². The number of aryl methyl sites for hydroxylation is 2. The number of rotatable bonds is 1. The first-order valence-electron chi connectivity index (χ1n) is 8.88. The van der Waals surface area contributed by atoms with Gasteiger partial charge in [-0.3, -0.25) is 4.79 Å². The Kier molecular flexibility index (Phi) is 3.69. The second kappa shape index (κ2) is 5.69. The Balaban J connectivity index is 1.43. The van der Waals surface area contributed by atoms with E-state index in [1.807, 2.05) is 6.07 Å². The minimum atomic E-state index is 0.249. The summed E-state index contributed by atoms with van der Waals surface area (Å²) >= 11 is 0. The third-order valence-corrected chi connectivity index (χ3v) is 6.12. The fraction of sp³-hybridized carbons (Fsp3) is 0.632. The van der Waals surface area contributed by atoms with E-state index in [2.05, 4.69) is 22.3 Å². The molecular weight excluding hydrogens is 272 g/mol. The van der Waals surface area contributed by atoms with E-state index in [0.29, 0.717) is 5.41 Å². The van der Waals surface area contributed by atoms with E-state index >= 15 is 0 Å². The number of hydrogen-bond acceptors (Lipinski definition) is 2. The zero-order valence-corrected chi connectivity index (χ0v) is 13.4. The van der Waals surface area contributed by atoms with Crippen molar-refractivity contribution in [3.05, 3.63) is 34.9 Å². The minimum absolute atomic E-state index is 0.249. The molecule has 1 N–H and O–H groups in total. The second-order valence-corrected chi connectivity index (χ2v) is 7.38. The van der Waals surface area contributed by atoms with E-state index < -0.39 is 0 Å². The van der Waals surface area contributed by atoms with Crippen molar-refractivity contribution in [2.45, 2.75) is 44.9 Å². The molecule has 1 aromatic rings. The quantitative estimate of drug-likeness (QED) is 0.864. The number of nitrogens with zero attached hydrogens (tertiary/aromatic N) is 1. The van der Waals surface area contributed by atoms with Crippen LogP contribution in [0.2, 0.25) is 0 Å². The number of benzene rings is 1. The van der Waals surface area contributed by atoms with Gasteiger partial charge in [0.1, 0.15) is 0 Å². The van der Waals surface area contributed by atoms with E-state index in [1.54, 1.807) is 0 Å². The van der Waals surface area contributed by atoms with Gasteiger partial charge in [0.15, 0.2) is 0 Å². The average Bonchev–Trinajstić information content (AvgIpc) is 3.03. The summed E-state index contributed by atoms with van der Waals surface area (Å²) in [4.78, 5) is 14.9. The molecule has 4 rings (SSSR count). The maximum Gasteiger partial charge on any atom is 0.253 e. The molecule has 1 aliphatic carbocycles. The van der Waals surface area contributed by atoms with Gasteiger partial charge in [0, 0.05) is 18.7 Å². The number of likely N-dealkylation sites (tertiary alicyclic amines) is 1. The van der Waals surface area contributed by atoms with Crippen molar-refractivity contribution in [3.8, 4) is 0 Å². The van der Waals surface area contributed by atoms with Crippen LogP contribution in [0.5, 0.6) is 0 Å². The van der Waals surface area contributed by atoms with Crippen molar-refractivity contribution >= 4 is 5.91 Å². The number of carbonyl (C=O) groups excluding carboxylic acids is 1. The highest BCUT2D eigenvalue weighted by atomic mass is 16.2. The lowest BCUT2D eigenvalue weighted by atomic mass is 9.71. The fourth-order valence-corrected chi connectivity index (χ4v) is 4.53. The van der Waals surface area contributed by atoms with E-state index in [0.717, 1.165) is 38.2 Å². The van der Waals surface area contributed by atoms with Crippen LogP contribution in [0.3, 0.4) is 0 Å². The Morgan fingerprint density at radius 3 is 2.50 bits per heavy atom. The van der Waals surface area contributed by atoms with Crippen LogP contribution in [-0.2, 0) is 12.8 Å². The lowest BCUT2D eigenvalue weighted by Crippen LogP contribution is -2.47. The van der Waals surface area contributed by atoms with Gasteiger partial charge in [0.2, 0.25) is 0 Å². The molecule has 118 valence electrons. The van der Waals surface area contributed by atoms with Crippen LogP contribution in [0.1, 0.15) is 53.6 Å². The van der Waals surface area contributed by atoms with Gasteiger partial charge in [0.25, 0.3) is 5.91 Å².